The molecule has 0 amide bonds. The third-order valence-corrected chi connectivity index (χ3v) is 12.9. The summed E-state index contributed by atoms with van der Waals surface area (Å²) < 4.78 is 49.7. The van der Waals surface area contributed by atoms with Crippen LogP contribution < -0.4 is 14.5 Å². The highest BCUT2D eigenvalue weighted by Gasteiger charge is 2.32. The number of fused-ring (bicyclic) bond motifs is 4. The Hall–Kier alpha value is -6.40. The van der Waals surface area contributed by atoms with E-state index in [1.54, 1.807) is 12.1 Å². The van der Waals surface area contributed by atoms with Gasteiger partial charge in [0.05, 0.1) is 22.4 Å². The minimum Gasteiger partial charge on any atom is -0.457 e. The Morgan fingerprint density at radius 2 is 1.25 bits per heavy atom. The molecule has 0 aliphatic carbocycles. The topological polar surface area (TPSA) is 33.5 Å². The second-order valence-electron chi connectivity index (χ2n) is 21.9. The number of rotatable bonds is 6. The Morgan fingerprint density at radius 3 is 1.91 bits per heavy atom. The molecule has 0 bridgehead atoms. The van der Waals surface area contributed by atoms with Crippen LogP contribution in [0.25, 0.3) is 38.8 Å². The first kappa shape index (κ1) is 40.1. The molecule has 8 aromatic rings. The van der Waals surface area contributed by atoms with E-state index < -0.39 is 6.85 Å². The molecular formula is C59H63FN4O. The summed E-state index contributed by atoms with van der Waals surface area (Å²) in [5, 5.41) is 1.66. The maximum absolute atomic E-state index is 15.0. The van der Waals surface area contributed by atoms with E-state index >= 15 is 4.39 Å². The molecule has 9 rings (SSSR count). The molecule has 0 atom stereocenters. The summed E-state index contributed by atoms with van der Waals surface area (Å²) in [6.45, 7) is 24.7. The normalized spacial score (nSPS) is 14.4. The van der Waals surface area contributed by atoms with Crippen molar-refractivity contribution in [2.24, 2.45) is 0 Å². The molecule has 65 heavy (non-hydrogen) atoms. The first-order valence-corrected chi connectivity index (χ1v) is 22.7. The molecule has 0 unspecified atom stereocenters. The molecule has 0 radical (unpaired) electrons. The van der Waals surface area contributed by atoms with Gasteiger partial charge in [0.2, 0.25) is 0 Å². The van der Waals surface area contributed by atoms with Crippen molar-refractivity contribution in [1.29, 1.82) is 0 Å². The molecule has 6 aromatic carbocycles. The smallest absolute Gasteiger partial charge is 0.137 e. The molecule has 1 aliphatic rings. The molecule has 0 N–H and O–H groups in total. The summed E-state index contributed by atoms with van der Waals surface area (Å²) >= 11 is 0. The zero-order valence-electron chi connectivity index (χ0n) is 43.0. The van der Waals surface area contributed by atoms with Gasteiger partial charge in [0.25, 0.3) is 0 Å². The summed E-state index contributed by atoms with van der Waals surface area (Å²) in [7, 11) is 0. The molecule has 5 nitrogen and oxygen atoms in total. The molecule has 0 spiro atoms. The molecule has 0 fully saturated rings. The van der Waals surface area contributed by atoms with Crippen molar-refractivity contribution in [1.82, 2.24) is 9.55 Å². The van der Waals surface area contributed by atoms with Crippen molar-refractivity contribution >= 4 is 44.6 Å². The number of benzene rings is 6. The Balaban J connectivity index is 1.12. The number of aryl methyl sites for hydroxylation is 1. The van der Waals surface area contributed by atoms with Crippen molar-refractivity contribution in [3.05, 3.63) is 167 Å². The van der Waals surface area contributed by atoms with Crippen LogP contribution in [0, 0.1) is 12.7 Å². The number of pyridine rings is 1. The highest BCUT2D eigenvalue weighted by molar-refractivity contribution is 6.09. The Bertz CT molecular complexity index is 3200. The largest absolute Gasteiger partial charge is 0.457 e. The van der Waals surface area contributed by atoms with E-state index in [9.17, 15) is 0 Å². The predicted octanol–water partition coefficient (Wildman–Crippen LogP) is 16.5. The van der Waals surface area contributed by atoms with Gasteiger partial charge in [-0.25, -0.2) is 9.37 Å². The van der Waals surface area contributed by atoms with Gasteiger partial charge in [0, 0.05) is 50.2 Å². The number of ether oxygens (including phenoxy) is 1. The average Bonchev–Trinajstić information content (AvgIpc) is 3.80. The maximum atomic E-state index is 15.0. The lowest BCUT2D eigenvalue weighted by molar-refractivity contribution is 0.483. The molecule has 1 aliphatic heterocycles. The lowest BCUT2D eigenvalue weighted by atomic mass is 9.80. The number of hydrogen-bond acceptors (Lipinski definition) is 4. The van der Waals surface area contributed by atoms with Crippen LogP contribution in [-0.4, -0.2) is 16.2 Å². The first-order chi connectivity index (χ1) is 31.8. The van der Waals surface area contributed by atoms with Crippen LogP contribution >= 0.6 is 0 Å². The van der Waals surface area contributed by atoms with Gasteiger partial charge >= 0.3 is 0 Å². The van der Waals surface area contributed by atoms with Gasteiger partial charge in [0.15, 0.2) is 0 Å². The van der Waals surface area contributed by atoms with Gasteiger partial charge in [-0.3, -0.25) is 4.57 Å². The van der Waals surface area contributed by atoms with Crippen LogP contribution in [0.5, 0.6) is 11.5 Å². The SMILES string of the molecule is [2H]C([2H])([2H])c1cccc2c1N(c1cc(C(C)(C)C)cc(C(C)(C)C)c1)CN2c1cccc(Oc2ccc3c4cc(F)ccc4n(-c4cc(C(C)(C)C)c(-c5ccc(C(C)(C)C)cc5)cn4)c3c2)c1. The summed E-state index contributed by atoms with van der Waals surface area (Å²) in [4.78, 5) is 9.43. The van der Waals surface area contributed by atoms with Crippen molar-refractivity contribution in [3.8, 4) is 28.4 Å². The van der Waals surface area contributed by atoms with Crippen molar-refractivity contribution < 1.29 is 13.2 Å². The summed E-state index contributed by atoms with van der Waals surface area (Å²) in [6.07, 6.45) is 1.97. The monoisotopic (exact) mass is 866 g/mol. The highest BCUT2D eigenvalue weighted by Crippen LogP contribution is 2.48. The van der Waals surface area contributed by atoms with Gasteiger partial charge in [-0.1, -0.05) is 132 Å². The number of aromatic nitrogens is 2. The third kappa shape index (κ3) is 8.29. The van der Waals surface area contributed by atoms with Crippen LogP contribution in [-0.2, 0) is 21.7 Å². The minimum atomic E-state index is -2.34. The van der Waals surface area contributed by atoms with Crippen LogP contribution in [0.2, 0.25) is 0 Å². The van der Waals surface area contributed by atoms with E-state index in [4.69, 9.17) is 13.8 Å². The molecule has 332 valence electrons. The van der Waals surface area contributed by atoms with Crippen molar-refractivity contribution in [3.63, 3.8) is 0 Å². The fraction of sp³-hybridized carbons (Fsp3) is 0.305. The maximum Gasteiger partial charge on any atom is 0.137 e. The number of hydrogen-bond donors (Lipinski definition) is 0. The van der Waals surface area contributed by atoms with Crippen molar-refractivity contribution in [2.75, 3.05) is 16.5 Å². The van der Waals surface area contributed by atoms with E-state index in [1.807, 2.05) is 66.9 Å². The molecular weight excluding hydrogens is 800 g/mol. The molecule has 6 heteroatoms. The van der Waals surface area contributed by atoms with Crippen LogP contribution in [0.3, 0.4) is 0 Å². The molecule has 0 saturated carbocycles. The second-order valence-corrected chi connectivity index (χ2v) is 21.9. The zero-order valence-corrected chi connectivity index (χ0v) is 40.0. The molecule has 0 saturated heterocycles. The zero-order chi connectivity index (χ0) is 48.9. The third-order valence-electron chi connectivity index (χ3n) is 12.9. The number of halogens is 1. The fourth-order valence-electron chi connectivity index (χ4n) is 9.09. The summed E-state index contributed by atoms with van der Waals surface area (Å²) in [5.41, 5.74) is 11.8. The van der Waals surface area contributed by atoms with E-state index in [2.05, 4.69) is 146 Å². The van der Waals surface area contributed by atoms with Crippen molar-refractivity contribution in [2.45, 2.75) is 112 Å². The van der Waals surface area contributed by atoms with E-state index in [1.165, 1.54) is 22.8 Å². The first-order valence-electron chi connectivity index (χ1n) is 24.2. The number of anilines is 4. The van der Waals surface area contributed by atoms with Gasteiger partial charge in [-0.05, 0) is 129 Å². The average molecular weight is 866 g/mol. The summed E-state index contributed by atoms with van der Waals surface area (Å²) in [6, 6.07) is 42.0. The lowest BCUT2D eigenvalue weighted by Crippen LogP contribution is -2.25. The van der Waals surface area contributed by atoms with Gasteiger partial charge < -0.3 is 14.5 Å². The van der Waals surface area contributed by atoms with E-state index in [0.29, 0.717) is 29.4 Å². The highest BCUT2D eigenvalue weighted by atomic mass is 19.1. The number of para-hydroxylation sites is 1. The lowest BCUT2D eigenvalue weighted by Gasteiger charge is -2.29. The predicted molar refractivity (Wildman–Crippen MR) is 272 cm³/mol. The van der Waals surface area contributed by atoms with Crippen LogP contribution in [0.1, 0.15) is 115 Å². The standard InChI is InChI=1S/C59H63FN4O/c1-37-16-14-19-52-55(37)63(44-29-40(57(5,6)7)28-41(30-44)58(8,9)10)36-62(52)43-17-15-18-45(32-43)65-46-25-26-47-48-31-42(60)24-27-51(48)64(53(47)33-46)54-34-50(59(11,12)13)49(35-61-54)38-20-22-39(23-21-38)56(2,3)4/h14-35H,36H2,1-13H3/i1D3. The Labute approximate surface area is 389 Å². The minimum absolute atomic E-state index is 0.0425. The van der Waals surface area contributed by atoms with E-state index in [0.717, 1.165) is 61.4 Å². The second kappa shape index (κ2) is 15.6. The van der Waals surface area contributed by atoms with E-state index in [-0.39, 0.29) is 27.5 Å². The Kier molecular flexibility index (Phi) is 9.66. The van der Waals surface area contributed by atoms with Gasteiger partial charge in [-0.2, -0.15) is 0 Å². The molecule has 2 aromatic heterocycles. The summed E-state index contributed by atoms with van der Waals surface area (Å²) in [5.74, 6) is 1.64. The van der Waals surface area contributed by atoms with Crippen LogP contribution in [0.15, 0.2) is 134 Å². The number of nitrogens with zero attached hydrogens (tertiary/aromatic N) is 4. The van der Waals surface area contributed by atoms with Gasteiger partial charge in [0.1, 0.15) is 29.8 Å². The molecule has 3 heterocycles. The van der Waals surface area contributed by atoms with Crippen LogP contribution in [0.4, 0.5) is 27.1 Å². The fourth-order valence-corrected chi connectivity index (χ4v) is 9.09. The Morgan fingerprint density at radius 1 is 0.569 bits per heavy atom. The quantitative estimate of drug-likeness (QED) is 0.167. The van der Waals surface area contributed by atoms with Gasteiger partial charge in [-0.15, -0.1) is 0 Å².